The Labute approximate surface area is 111 Å². The predicted octanol–water partition coefficient (Wildman–Crippen LogP) is 2.12. The van der Waals surface area contributed by atoms with Gasteiger partial charge in [0.2, 0.25) is 5.91 Å². The van der Waals surface area contributed by atoms with Gasteiger partial charge in [-0.3, -0.25) is 4.79 Å². The Morgan fingerprint density at radius 3 is 2.17 bits per heavy atom. The van der Waals surface area contributed by atoms with Crippen molar-refractivity contribution >= 4 is 5.91 Å². The summed E-state index contributed by atoms with van der Waals surface area (Å²) in [7, 11) is 2.02. The number of piperidine rings is 1. The Morgan fingerprint density at radius 1 is 1.22 bits per heavy atom. The third-order valence-electron chi connectivity index (χ3n) is 5.86. The molecule has 2 fully saturated rings. The van der Waals surface area contributed by atoms with Gasteiger partial charge in [-0.15, -0.1) is 0 Å². The number of carbonyl (C=O) groups is 1. The van der Waals surface area contributed by atoms with E-state index in [9.17, 15) is 4.79 Å². The summed E-state index contributed by atoms with van der Waals surface area (Å²) >= 11 is 0. The molecule has 1 heterocycles. The molecule has 18 heavy (non-hydrogen) atoms. The number of nitrogens with one attached hydrogen (secondary N) is 1. The largest absolute Gasteiger partial charge is 0.342 e. The smallest absolute Gasteiger partial charge is 0.226 e. The van der Waals surface area contributed by atoms with Crippen LogP contribution in [0.3, 0.4) is 0 Å². The van der Waals surface area contributed by atoms with Crippen LogP contribution in [0.25, 0.3) is 0 Å². The summed E-state index contributed by atoms with van der Waals surface area (Å²) < 4.78 is 0. The number of hydrogen-bond acceptors (Lipinski definition) is 2. The van der Waals surface area contributed by atoms with Crippen LogP contribution in [0, 0.1) is 22.7 Å². The molecule has 0 spiro atoms. The highest BCUT2D eigenvalue weighted by atomic mass is 16.2. The first kappa shape index (κ1) is 13.9. The van der Waals surface area contributed by atoms with Gasteiger partial charge >= 0.3 is 0 Å². The van der Waals surface area contributed by atoms with E-state index in [0.29, 0.717) is 17.9 Å². The number of hydrogen-bond donors (Lipinski definition) is 1. The molecule has 1 saturated heterocycles. The van der Waals surface area contributed by atoms with E-state index in [-0.39, 0.29) is 16.7 Å². The lowest BCUT2D eigenvalue weighted by atomic mass is 9.93. The second-order valence-corrected chi connectivity index (χ2v) is 7.32. The molecule has 0 radical (unpaired) electrons. The molecule has 104 valence electrons. The van der Waals surface area contributed by atoms with Gasteiger partial charge in [0.15, 0.2) is 0 Å². The van der Waals surface area contributed by atoms with Crippen molar-refractivity contribution < 1.29 is 4.79 Å². The van der Waals surface area contributed by atoms with Crippen LogP contribution in [0.1, 0.15) is 41.0 Å². The van der Waals surface area contributed by atoms with Crippen LogP contribution in [-0.4, -0.2) is 37.0 Å². The zero-order chi connectivity index (χ0) is 13.7. The van der Waals surface area contributed by atoms with Crippen molar-refractivity contribution in [2.45, 2.75) is 47.1 Å². The van der Waals surface area contributed by atoms with Crippen molar-refractivity contribution in [2.24, 2.45) is 22.7 Å². The Hall–Kier alpha value is -0.570. The molecule has 0 aromatic heterocycles. The van der Waals surface area contributed by atoms with Crippen molar-refractivity contribution in [3.05, 3.63) is 0 Å². The zero-order valence-electron chi connectivity index (χ0n) is 12.7. The molecule has 2 atom stereocenters. The van der Waals surface area contributed by atoms with E-state index in [1.54, 1.807) is 0 Å². The fourth-order valence-electron chi connectivity index (χ4n) is 3.77. The number of likely N-dealkylation sites (tertiary alicyclic amines) is 1. The van der Waals surface area contributed by atoms with Crippen molar-refractivity contribution in [1.82, 2.24) is 10.2 Å². The minimum absolute atomic E-state index is 0.160. The summed E-state index contributed by atoms with van der Waals surface area (Å²) in [5.41, 5.74) is 0.320. The maximum atomic E-state index is 12.6. The highest BCUT2D eigenvalue weighted by molar-refractivity contribution is 5.84. The van der Waals surface area contributed by atoms with E-state index in [0.717, 1.165) is 19.5 Å². The van der Waals surface area contributed by atoms with E-state index in [2.05, 4.69) is 44.8 Å². The summed E-state index contributed by atoms with van der Waals surface area (Å²) in [4.78, 5) is 14.7. The van der Waals surface area contributed by atoms with Crippen molar-refractivity contribution in [2.75, 3.05) is 20.1 Å². The first-order valence-corrected chi connectivity index (χ1v) is 7.19. The van der Waals surface area contributed by atoms with Gasteiger partial charge in [0.05, 0.1) is 0 Å². The molecule has 1 aliphatic heterocycles. The van der Waals surface area contributed by atoms with Crippen LogP contribution in [-0.2, 0) is 4.79 Å². The molecule has 1 amide bonds. The van der Waals surface area contributed by atoms with Gasteiger partial charge in [-0.1, -0.05) is 34.6 Å². The van der Waals surface area contributed by atoms with E-state index in [1.165, 1.54) is 0 Å². The standard InChI is InChI=1S/C15H28N2O/c1-10-9-17(8-7-11(10)16-6)13(18)12-14(2,3)15(12,4)5/h10-12,16H,7-9H2,1-6H3. The minimum Gasteiger partial charge on any atom is -0.342 e. The lowest BCUT2D eigenvalue weighted by molar-refractivity contribution is -0.135. The molecule has 0 bridgehead atoms. The molecule has 3 heteroatoms. The number of carbonyl (C=O) groups excluding carboxylic acids is 1. The molecule has 2 aliphatic rings. The van der Waals surface area contributed by atoms with Crippen LogP contribution in [0.2, 0.25) is 0 Å². The van der Waals surface area contributed by atoms with Gasteiger partial charge in [-0.2, -0.15) is 0 Å². The Kier molecular flexibility index (Phi) is 3.25. The van der Waals surface area contributed by atoms with E-state index < -0.39 is 0 Å². The summed E-state index contributed by atoms with van der Waals surface area (Å²) in [5, 5.41) is 3.35. The summed E-state index contributed by atoms with van der Waals surface area (Å²) in [6.07, 6.45) is 1.08. The number of nitrogens with zero attached hydrogens (tertiary/aromatic N) is 1. The fraction of sp³-hybridized carbons (Fsp3) is 0.933. The Balaban J connectivity index is 2.01. The van der Waals surface area contributed by atoms with Crippen molar-refractivity contribution in [3.8, 4) is 0 Å². The van der Waals surface area contributed by atoms with Crippen LogP contribution in [0.5, 0.6) is 0 Å². The van der Waals surface area contributed by atoms with E-state index in [1.807, 2.05) is 7.05 Å². The first-order valence-electron chi connectivity index (χ1n) is 7.19. The van der Waals surface area contributed by atoms with Gasteiger partial charge in [-0.25, -0.2) is 0 Å². The molecule has 0 aromatic carbocycles. The summed E-state index contributed by atoms with van der Waals surface area (Å²) in [6, 6.07) is 0.564. The maximum Gasteiger partial charge on any atom is 0.226 e. The lowest BCUT2D eigenvalue weighted by Gasteiger charge is -2.37. The monoisotopic (exact) mass is 252 g/mol. The Morgan fingerprint density at radius 2 is 1.78 bits per heavy atom. The lowest BCUT2D eigenvalue weighted by Crippen LogP contribution is -2.50. The molecular weight excluding hydrogens is 224 g/mol. The van der Waals surface area contributed by atoms with Gasteiger partial charge in [0.1, 0.15) is 0 Å². The zero-order valence-corrected chi connectivity index (χ0v) is 12.7. The second-order valence-electron chi connectivity index (χ2n) is 7.32. The number of amides is 1. The van der Waals surface area contributed by atoms with Crippen molar-refractivity contribution in [3.63, 3.8) is 0 Å². The number of rotatable bonds is 2. The third kappa shape index (κ3) is 1.87. The highest BCUT2D eigenvalue weighted by Gasteiger charge is 2.68. The first-order chi connectivity index (χ1) is 8.23. The van der Waals surface area contributed by atoms with Crippen LogP contribution < -0.4 is 5.32 Å². The van der Waals surface area contributed by atoms with Crippen LogP contribution >= 0.6 is 0 Å². The molecular formula is C15H28N2O. The minimum atomic E-state index is 0.160. The fourth-order valence-corrected chi connectivity index (χ4v) is 3.77. The molecule has 2 unspecified atom stereocenters. The third-order valence-corrected chi connectivity index (χ3v) is 5.86. The highest BCUT2D eigenvalue weighted by Crippen LogP contribution is 2.68. The molecule has 2 rings (SSSR count). The SMILES string of the molecule is CNC1CCN(C(=O)C2C(C)(C)C2(C)C)CC1C. The molecule has 1 saturated carbocycles. The molecule has 1 N–H and O–H groups in total. The predicted molar refractivity (Wildman–Crippen MR) is 74.3 cm³/mol. The molecule has 0 aromatic rings. The second kappa shape index (κ2) is 4.22. The van der Waals surface area contributed by atoms with Gasteiger partial charge in [-0.05, 0) is 30.2 Å². The quantitative estimate of drug-likeness (QED) is 0.816. The topological polar surface area (TPSA) is 32.3 Å². The average molecular weight is 252 g/mol. The summed E-state index contributed by atoms with van der Waals surface area (Å²) in [6.45, 7) is 12.9. The van der Waals surface area contributed by atoms with Crippen LogP contribution in [0.15, 0.2) is 0 Å². The summed E-state index contributed by atoms with van der Waals surface area (Å²) in [5.74, 6) is 1.15. The van der Waals surface area contributed by atoms with Crippen molar-refractivity contribution in [1.29, 1.82) is 0 Å². The molecule has 1 aliphatic carbocycles. The van der Waals surface area contributed by atoms with Gasteiger partial charge < -0.3 is 10.2 Å². The maximum absolute atomic E-state index is 12.6. The van der Waals surface area contributed by atoms with Gasteiger partial charge in [0, 0.05) is 25.0 Å². The molecule has 3 nitrogen and oxygen atoms in total. The average Bonchev–Trinajstić information content (AvgIpc) is 2.68. The van der Waals surface area contributed by atoms with E-state index in [4.69, 9.17) is 0 Å². The van der Waals surface area contributed by atoms with E-state index >= 15 is 0 Å². The van der Waals surface area contributed by atoms with Gasteiger partial charge in [0.25, 0.3) is 0 Å². The normalized spacial score (nSPS) is 34.4. The van der Waals surface area contributed by atoms with Crippen LogP contribution in [0.4, 0.5) is 0 Å². The Bertz CT molecular complexity index is 334.